The highest BCUT2D eigenvalue weighted by molar-refractivity contribution is 6.25. The lowest BCUT2D eigenvalue weighted by Crippen LogP contribution is -2.57. The summed E-state index contributed by atoms with van der Waals surface area (Å²) >= 11 is 0. The molecule has 1 heterocycles. The van der Waals surface area contributed by atoms with Crippen molar-refractivity contribution in [2.75, 3.05) is 4.90 Å². The Hall–Kier alpha value is -3.53. The molecule has 0 spiro atoms. The molecule has 3 aliphatic carbocycles. The minimum absolute atomic E-state index is 0.0881. The van der Waals surface area contributed by atoms with Gasteiger partial charge in [0.15, 0.2) is 0 Å². The topological polar surface area (TPSA) is 54.5 Å². The lowest BCUT2D eigenvalue weighted by Gasteiger charge is -2.52. The van der Waals surface area contributed by atoms with Gasteiger partial charge in [-0.3, -0.25) is 14.4 Å². The molecule has 2 amide bonds. The highest BCUT2D eigenvalue weighted by atomic mass is 16.2. The molecule has 0 unspecified atom stereocenters. The van der Waals surface area contributed by atoms with Gasteiger partial charge in [0.05, 0.1) is 22.9 Å². The number of hydrogen-bond donors (Lipinski definition) is 0. The Labute approximate surface area is 186 Å². The largest absolute Gasteiger partial charge is 0.299 e. The van der Waals surface area contributed by atoms with E-state index in [1.165, 1.54) is 4.90 Å². The number of carbonyl (C=O) groups is 3. The summed E-state index contributed by atoms with van der Waals surface area (Å²) in [6.45, 7) is 3.63. The average molecular weight is 421 g/mol. The fourth-order valence-electron chi connectivity index (χ4n) is 6.51. The van der Waals surface area contributed by atoms with Gasteiger partial charge >= 0.3 is 0 Å². The second-order valence-corrected chi connectivity index (χ2v) is 9.05. The Morgan fingerprint density at radius 3 is 1.94 bits per heavy atom. The summed E-state index contributed by atoms with van der Waals surface area (Å²) in [7, 11) is 0. The Bertz CT molecular complexity index is 1260. The number of rotatable bonds is 3. The number of imide groups is 1. The molecule has 158 valence electrons. The van der Waals surface area contributed by atoms with Crippen molar-refractivity contribution < 1.29 is 14.4 Å². The monoisotopic (exact) mass is 421 g/mol. The third-order valence-corrected chi connectivity index (χ3v) is 7.78. The van der Waals surface area contributed by atoms with E-state index >= 15 is 0 Å². The Morgan fingerprint density at radius 1 is 0.844 bits per heavy atom. The summed E-state index contributed by atoms with van der Waals surface area (Å²) in [6, 6.07) is 23.3. The molecule has 0 N–H and O–H groups in total. The molecule has 0 radical (unpaired) electrons. The molecule has 3 aromatic carbocycles. The second-order valence-electron chi connectivity index (χ2n) is 9.05. The van der Waals surface area contributed by atoms with Crippen molar-refractivity contribution in [3.63, 3.8) is 0 Å². The van der Waals surface area contributed by atoms with Crippen molar-refractivity contribution >= 4 is 23.3 Å². The smallest absolute Gasteiger partial charge is 0.239 e. The van der Waals surface area contributed by atoms with Gasteiger partial charge in [-0.1, -0.05) is 67.6 Å². The van der Waals surface area contributed by atoms with Crippen LogP contribution in [0.25, 0.3) is 0 Å². The molecule has 0 saturated carbocycles. The molecule has 4 nitrogen and oxygen atoms in total. The van der Waals surface area contributed by atoms with E-state index in [1.54, 1.807) is 6.92 Å². The zero-order valence-electron chi connectivity index (χ0n) is 18.0. The first-order valence-electron chi connectivity index (χ1n) is 11.2. The number of hydrogen-bond acceptors (Lipinski definition) is 3. The quantitative estimate of drug-likeness (QED) is 0.590. The fraction of sp³-hybridized carbons (Fsp3) is 0.250. The first-order valence-corrected chi connectivity index (χ1v) is 11.2. The maximum atomic E-state index is 14.0. The molecule has 2 atom stereocenters. The fourth-order valence-corrected chi connectivity index (χ4v) is 6.51. The van der Waals surface area contributed by atoms with Crippen LogP contribution in [0.15, 0.2) is 72.8 Å². The Kier molecular flexibility index (Phi) is 3.89. The molecule has 0 aromatic heterocycles. The average Bonchev–Trinajstić information content (AvgIpc) is 3.09. The van der Waals surface area contributed by atoms with Crippen LogP contribution in [0.5, 0.6) is 0 Å². The highest BCUT2D eigenvalue weighted by Gasteiger charge is 2.69. The van der Waals surface area contributed by atoms with Crippen LogP contribution in [0.4, 0.5) is 5.69 Å². The van der Waals surface area contributed by atoms with Crippen molar-refractivity contribution in [2.45, 2.75) is 31.6 Å². The minimum Gasteiger partial charge on any atom is -0.299 e. The maximum Gasteiger partial charge on any atom is 0.239 e. The van der Waals surface area contributed by atoms with Gasteiger partial charge in [0.2, 0.25) is 11.8 Å². The molecule has 1 aliphatic heterocycles. The second kappa shape index (κ2) is 6.49. The zero-order valence-corrected chi connectivity index (χ0v) is 18.0. The van der Waals surface area contributed by atoms with Gasteiger partial charge in [0, 0.05) is 5.92 Å². The molecule has 4 heteroatoms. The summed E-state index contributed by atoms with van der Waals surface area (Å²) in [6.07, 6.45) is 0.883. The van der Waals surface area contributed by atoms with E-state index < -0.39 is 17.3 Å². The lowest BCUT2D eigenvalue weighted by molar-refractivity contribution is -0.132. The van der Waals surface area contributed by atoms with Crippen LogP contribution in [0.2, 0.25) is 0 Å². The summed E-state index contributed by atoms with van der Waals surface area (Å²) in [5.41, 5.74) is 4.32. The molecule has 1 saturated heterocycles. The van der Waals surface area contributed by atoms with E-state index in [0.717, 1.165) is 34.2 Å². The van der Waals surface area contributed by atoms with Crippen LogP contribution < -0.4 is 4.90 Å². The van der Waals surface area contributed by atoms with Crippen LogP contribution in [0.1, 0.15) is 47.6 Å². The van der Waals surface area contributed by atoms with E-state index in [1.807, 2.05) is 72.8 Å². The maximum absolute atomic E-state index is 14.0. The van der Waals surface area contributed by atoms with Gasteiger partial charge in [-0.05, 0) is 53.3 Å². The number of ketones is 1. The summed E-state index contributed by atoms with van der Waals surface area (Å²) in [5.74, 6) is -2.10. The Morgan fingerprint density at radius 2 is 1.41 bits per heavy atom. The van der Waals surface area contributed by atoms with Crippen LogP contribution >= 0.6 is 0 Å². The van der Waals surface area contributed by atoms with Crippen molar-refractivity contribution in [1.29, 1.82) is 0 Å². The zero-order chi connectivity index (χ0) is 22.2. The minimum atomic E-state index is -1.14. The van der Waals surface area contributed by atoms with Crippen LogP contribution in [0, 0.1) is 11.8 Å². The molecular weight excluding hydrogens is 398 g/mol. The first kappa shape index (κ1) is 19.2. The number of amides is 2. The Balaban J connectivity index is 1.63. The lowest BCUT2D eigenvalue weighted by atomic mass is 9.46. The predicted molar refractivity (Wildman–Crippen MR) is 121 cm³/mol. The molecule has 2 bridgehead atoms. The van der Waals surface area contributed by atoms with Crippen LogP contribution in [-0.4, -0.2) is 17.6 Å². The number of carbonyl (C=O) groups excluding carboxylic acids is 3. The van der Waals surface area contributed by atoms with Crippen molar-refractivity contribution in [2.24, 2.45) is 11.8 Å². The number of nitrogens with zero attached hydrogens (tertiary/aromatic N) is 1. The molecule has 32 heavy (non-hydrogen) atoms. The van der Waals surface area contributed by atoms with E-state index in [2.05, 4.69) is 6.92 Å². The molecular formula is C28H23NO3. The number of Topliss-reactive ketones (excluding diaryl/α,β-unsaturated/α-hetero) is 1. The summed E-state index contributed by atoms with van der Waals surface area (Å²) < 4.78 is 0. The van der Waals surface area contributed by atoms with Crippen LogP contribution in [0.3, 0.4) is 0 Å². The van der Waals surface area contributed by atoms with Gasteiger partial charge in [-0.2, -0.15) is 0 Å². The third kappa shape index (κ3) is 2.10. The van der Waals surface area contributed by atoms with Crippen LogP contribution in [-0.2, 0) is 26.2 Å². The number of benzene rings is 3. The van der Waals surface area contributed by atoms with Gasteiger partial charge in [0.1, 0.15) is 5.78 Å². The molecule has 3 aromatic rings. The third-order valence-electron chi connectivity index (χ3n) is 7.78. The van der Waals surface area contributed by atoms with Crippen molar-refractivity contribution in [3.8, 4) is 0 Å². The van der Waals surface area contributed by atoms with Gasteiger partial charge < -0.3 is 0 Å². The van der Waals surface area contributed by atoms with E-state index in [9.17, 15) is 14.4 Å². The highest BCUT2D eigenvalue weighted by Crippen LogP contribution is 2.64. The van der Waals surface area contributed by atoms with E-state index in [0.29, 0.717) is 5.69 Å². The first-order chi connectivity index (χ1) is 15.5. The van der Waals surface area contributed by atoms with Gasteiger partial charge in [-0.25, -0.2) is 4.90 Å². The number of aryl methyl sites for hydroxylation is 1. The van der Waals surface area contributed by atoms with E-state index in [4.69, 9.17) is 0 Å². The van der Waals surface area contributed by atoms with E-state index in [-0.39, 0.29) is 23.5 Å². The summed E-state index contributed by atoms with van der Waals surface area (Å²) in [4.78, 5) is 42.7. The number of anilines is 1. The summed E-state index contributed by atoms with van der Waals surface area (Å²) in [5, 5.41) is 0. The normalized spacial score (nSPS) is 27.2. The molecule has 7 rings (SSSR count). The standard InChI is InChI=1S/C28H23NO3/c1-3-17-12-14-18(15-13-17)29-26(31)24-23-19-8-4-6-10-21(19)28(16(2)30,25(24)27(29)32)22-11-7-5-9-20(22)23/h4-15,23-25H,3H2,1-2H3/t23?,24-,25-,28?/m1/s1. The van der Waals surface area contributed by atoms with Gasteiger partial charge in [-0.15, -0.1) is 0 Å². The molecule has 4 aliphatic rings. The van der Waals surface area contributed by atoms with Crippen molar-refractivity contribution in [1.82, 2.24) is 0 Å². The van der Waals surface area contributed by atoms with Gasteiger partial charge in [0.25, 0.3) is 0 Å². The molecule has 1 fully saturated rings. The SMILES string of the molecule is CCc1ccc(N2C(=O)[C@@H]3C4c5ccccc5C(C(C)=O)(c5ccccc54)[C@H]3C2=O)cc1. The van der Waals surface area contributed by atoms with Crippen molar-refractivity contribution in [3.05, 3.63) is 101 Å². The predicted octanol–water partition coefficient (Wildman–Crippen LogP) is 4.39.